The Hall–Kier alpha value is -2.83. The van der Waals surface area contributed by atoms with Gasteiger partial charge in [0.15, 0.2) is 5.76 Å². The van der Waals surface area contributed by atoms with Crippen molar-refractivity contribution in [3.63, 3.8) is 0 Å². The Labute approximate surface area is 180 Å². The van der Waals surface area contributed by atoms with Crippen LogP contribution in [0.15, 0.2) is 59.1 Å². The van der Waals surface area contributed by atoms with Crippen molar-refractivity contribution in [1.82, 2.24) is 10.1 Å². The maximum absolute atomic E-state index is 13.2. The average Bonchev–Trinajstić information content (AvgIpc) is 3.46. The molecular formula is C23H23ClN2O4. The van der Waals surface area contributed by atoms with Crippen LogP contribution in [0.25, 0.3) is 11.3 Å². The van der Waals surface area contributed by atoms with E-state index in [2.05, 4.69) is 5.16 Å². The van der Waals surface area contributed by atoms with Crippen LogP contribution in [0, 0.1) is 0 Å². The highest BCUT2D eigenvalue weighted by Crippen LogP contribution is 2.25. The van der Waals surface area contributed by atoms with E-state index in [1.807, 2.05) is 30.3 Å². The van der Waals surface area contributed by atoms with E-state index in [9.17, 15) is 4.79 Å². The Balaban J connectivity index is 1.54. The van der Waals surface area contributed by atoms with Crippen LogP contribution in [0.1, 0.15) is 28.9 Å². The first-order chi connectivity index (χ1) is 14.6. The fourth-order valence-electron chi connectivity index (χ4n) is 3.52. The van der Waals surface area contributed by atoms with Crippen LogP contribution < -0.4 is 4.74 Å². The van der Waals surface area contributed by atoms with E-state index in [0.29, 0.717) is 35.1 Å². The summed E-state index contributed by atoms with van der Waals surface area (Å²) in [5.41, 5.74) is 2.12. The molecule has 1 saturated heterocycles. The summed E-state index contributed by atoms with van der Waals surface area (Å²) in [6, 6.07) is 16.3. The summed E-state index contributed by atoms with van der Waals surface area (Å²) in [6.45, 7) is 1.56. The van der Waals surface area contributed by atoms with Gasteiger partial charge < -0.3 is 18.9 Å². The molecule has 1 fully saturated rings. The van der Waals surface area contributed by atoms with Gasteiger partial charge in [-0.15, -0.1) is 0 Å². The number of benzene rings is 2. The zero-order valence-corrected chi connectivity index (χ0v) is 17.5. The van der Waals surface area contributed by atoms with Gasteiger partial charge in [-0.25, -0.2) is 0 Å². The number of hydrogen-bond donors (Lipinski definition) is 0. The molecule has 0 unspecified atom stereocenters. The molecule has 3 aromatic rings. The first-order valence-corrected chi connectivity index (χ1v) is 10.3. The van der Waals surface area contributed by atoms with Gasteiger partial charge in [0.2, 0.25) is 0 Å². The molecule has 0 bridgehead atoms. The fraction of sp³-hybridized carbons (Fsp3) is 0.304. The highest BCUT2D eigenvalue weighted by Gasteiger charge is 2.25. The number of amides is 1. The number of halogens is 1. The maximum atomic E-state index is 13.2. The number of aromatic nitrogens is 1. The van der Waals surface area contributed by atoms with E-state index in [4.69, 9.17) is 25.6 Å². The van der Waals surface area contributed by atoms with Gasteiger partial charge in [-0.2, -0.15) is 0 Å². The average molecular weight is 427 g/mol. The Kier molecular flexibility index (Phi) is 6.35. The van der Waals surface area contributed by atoms with Gasteiger partial charge in [0, 0.05) is 35.4 Å². The number of ether oxygens (including phenoxy) is 2. The molecule has 0 spiro atoms. The van der Waals surface area contributed by atoms with Crippen molar-refractivity contribution in [2.75, 3.05) is 20.3 Å². The molecule has 0 aliphatic carbocycles. The monoisotopic (exact) mass is 426 g/mol. The van der Waals surface area contributed by atoms with E-state index >= 15 is 0 Å². The number of methoxy groups -OCH3 is 1. The van der Waals surface area contributed by atoms with Crippen molar-refractivity contribution in [3.05, 3.63) is 70.9 Å². The van der Waals surface area contributed by atoms with Crippen LogP contribution in [0.3, 0.4) is 0 Å². The molecular weight excluding hydrogens is 404 g/mol. The summed E-state index contributed by atoms with van der Waals surface area (Å²) >= 11 is 5.97. The van der Waals surface area contributed by atoms with Crippen LogP contribution in [0.2, 0.25) is 5.02 Å². The molecule has 0 radical (unpaired) electrons. The Morgan fingerprint density at radius 1 is 1.23 bits per heavy atom. The summed E-state index contributed by atoms with van der Waals surface area (Å²) in [6.07, 6.45) is 1.99. The quantitative estimate of drug-likeness (QED) is 0.541. The van der Waals surface area contributed by atoms with E-state index in [0.717, 1.165) is 30.8 Å². The Morgan fingerprint density at radius 2 is 2.07 bits per heavy atom. The van der Waals surface area contributed by atoms with E-state index in [-0.39, 0.29) is 12.0 Å². The summed E-state index contributed by atoms with van der Waals surface area (Å²) in [5.74, 6) is 1.27. The molecule has 2 aromatic carbocycles. The predicted octanol–water partition coefficient (Wildman–Crippen LogP) is 4.83. The van der Waals surface area contributed by atoms with Crippen LogP contribution in [0.5, 0.6) is 5.75 Å². The molecule has 1 atom stereocenters. The van der Waals surface area contributed by atoms with E-state index in [1.165, 1.54) is 0 Å². The third-order valence-corrected chi connectivity index (χ3v) is 5.34. The van der Waals surface area contributed by atoms with Gasteiger partial charge in [-0.3, -0.25) is 4.79 Å². The molecule has 1 amide bonds. The molecule has 2 heterocycles. The molecule has 1 aliphatic heterocycles. The Morgan fingerprint density at radius 3 is 2.80 bits per heavy atom. The van der Waals surface area contributed by atoms with Crippen molar-refractivity contribution in [1.29, 1.82) is 0 Å². The molecule has 0 saturated carbocycles. The van der Waals surface area contributed by atoms with Gasteiger partial charge in [-0.1, -0.05) is 28.9 Å². The molecule has 7 heteroatoms. The first-order valence-electron chi connectivity index (χ1n) is 9.89. The van der Waals surface area contributed by atoms with Gasteiger partial charge >= 0.3 is 0 Å². The molecule has 156 valence electrons. The smallest absolute Gasteiger partial charge is 0.254 e. The van der Waals surface area contributed by atoms with Gasteiger partial charge in [0.05, 0.1) is 19.8 Å². The van der Waals surface area contributed by atoms with Crippen LogP contribution in [-0.2, 0) is 11.3 Å². The summed E-state index contributed by atoms with van der Waals surface area (Å²) in [7, 11) is 1.62. The molecule has 6 nitrogen and oxygen atoms in total. The molecule has 4 rings (SSSR count). The first kappa shape index (κ1) is 20.4. The normalized spacial score (nSPS) is 15.9. The fourth-order valence-corrected chi connectivity index (χ4v) is 3.65. The minimum atomic E-state index is -0.0897. The zero-order valence-electron chi connectivity index (χ0n) is 16.7. The van der Waals surface area contributed by atoms with Crippen molar-refractivity contribution >= 4 is 17.5 Å². The van der Waals surface area contributed by atoms with Crippen LogP contribution in [-0.4, -0.2) is 42.3 Å². The lowest BCUT2D eigenvalue weighted by Gasteiger charge is -2.24. The van der Waals surface area contributed by atoms with Gasteiger partial charge in [0.25, 0.3) is 5.91 Å². The van der Waals surface area contributed by atoms with Gasteiger partial charge in [-0.05, 0) is 49.2 Å². The Bertz CT molecular complexity index is 996. The highest BCUT2D eigenvalue weighted by atomic mass is 35.5. The lowest BCUT2D eigenvalue weighted by atomic mass is 10.1. The summed E-state index contributed by atoms with van der Waals surface area (Å²) in [5, 5.41) is 4.78. The number of carbonyl (C=O) groups is 1. The molecule has 1 aliphatic rings. The van der Waals surface area contributed by atoms with Crippen molar-refractivity contribution in [2.45, 2.75) is 25.5 Å². The predicted molar refractivity (Wildman–Crippen MR) is 114 cm³/mol. The maximum Gasteiger partial charge on any atom is 0.254 e. The third-order valence-electron chi connectivity index (χ3n) is 5.09. The minimum absolute atomic E-state index is 0.0333. The van der Waals surface area contributed by atoms with Crippen molar-refractivity contribution in [2.24, 2.45) is 0 Å². The van der Waals surface area contributed by atoms with E-state index < -0.39 is 0 Å². The van der Waals surface area contributed by atoms with Gasteiger partial charge in [0.1, 0.15) is 11.4 Å². The van der Waals surface area contributed by atoms with Crippen LogP contribution >= 0.6 is 11.6 Å². The molecule has 1 aromatic heterocycles. The number of carbonyl (C=O) groups excluding carboxylic acids is 1. The number of hydrogen-bond acceptors (Lipinski definition) is 5. The van der Waals surface area contributed by atoms with E-state index in [1.54, 1.807) is 36.3 Å². The topological polar surface area (TPSA) is 64.8 Å². The zero-order chi connectivity index (χ0) is 20.9. The minimum Gasteiger partial charge on any atom is -0.497 e. The van der Waals surface area contributed by atoms with Crippen molar-refractivity contribution < 1.29 is 18.8 Å². The number of rotatable bonds is 7. The second-order valence-electron chi connectivity index (χ2n) is 7.24. The summed E-state index contributed by atoms with van der Waals surface area (Å²) < 4.78 is 16.6. The number of nitrogens with zero attached hydrogens (tertiary/aromatic N) is 2. The second-order valence-corrected chi connectivity index (χ2v) is 7.68. The molecule has 0 N–H and O–H groups in total. The third kappa shape index (κ3) is 4.83. The standard InChI is InChI=1S/C23H23ClN2O4/c1-28-20-5-2-4-17(12-20)22-13-19(25-30-22)14-26(15-21-6-3-11-29-21)23(27)16-7-9-18(24)10-8-16/h2,4-5,7-10,12-13,21H,3,6,11,14-15H2,1H3/t21-/m0/s1. The lowest BCUT2D eigenvalue weighted by Crippen LogP contribution is -2.37. The van der Waals surface area contributed by atoms with Crippen molar-refractivity contribution in [3.8, 4) is 17.1 Å². The molecule has 30 heavy (non-hydrogen) atoms. The largest absolute Gasteiger partial charge is 0.497 e. The lowest BCUT2D eigenvalue weighted by molar-refractivity contribution is 0.0502. The summed E-state index contributed by atoms with van der Waals surface area (Å²) in [4.78, 5) is 14.9. The highest BCUT2D eigenvalue weighted by molar-refractivity contribution is 6.30. The second kappa shape index (κ2) is 9.32. The SMILES string of the molecule is COc1cccc(-c2cc(CN(C[C@@H]3CCCO3)C(=O)c3ccc(Cl)cc3)no2)c1. The van der Waals surface area contributed by atoms with Crippen LogP contribution in [0.4, 0.5) is 0 Å².